The fraction of sp³-hybridized carbons (Fsp3) is 0.500. The summed E-state index contributed by atoms with van der Waals surface area (Å²) in [5, 5.41) is 0.839. The number of hydrogen-bond donors (Lipinski definition) is 0. The number of nitrogens with zero attached hydrogens (tertiary/aromatic N) is 1. The first-order valence-electron chi connectivity index (χ1n) is 11.6. The highest BCUT2D eigenvalue weighted by Gasteiger charge is 2.37. The van der Waals surface area contributed by atoms with Crippen LogP contribution in [0.2, 0.25) is 28.2 Å². The van der Waals surface area contributed by atoms with E-state index in [1.807, 2.05) is 6.07 Å². The number of hydrogen-bond acceptors (Lipinski definition) is 3. The maximum absolute atomic E-state index is 13.3. The van der Waals surface area contributed by atoms with Crippen LogP contribution in [0.4, 0.5) is 13.2 Å². The van der Waals surface area contributed by atoms with Crippen LogP contribution < -0.4 is 4.74 Å². The quantitative estimate of drug-likeness (QED) is 0.288. The van der Waals surface area contributed by atoms with Crippen LogP contribution in [0.5, 0.6) is 5.75 Å². The van der Waals surface area contributed by atoms with Gasteiger partial charge in [-0.2, -0.15) is 13.2 Å². The SMILES string of the molecule is COc1ccc(C(F)(F)F)cc1C(=O)N(C)CC(CCO[Si](C)(C)C(C)(C)C)c1ccc(Cl)c(Cl)c1. The summed E-state index contributed by atoms with van der Waals surface area (Å²) < 4.78 is 51.4. The largest absolute Gasteiger partial charge is 0.496 e. The van der Waals surface area contributed by atoms with E-state index >= 15 is 0 Å². The van der Waals surface area contributed by atoms with Crippen molar-refractivity contribution in [2.75, 3.05) is 27.3 Å². The van der Waals surface area contributed by atoms with Crippen LogP contribution in [0.15, 0.2) is 36.4 Å². The number of alkyl halides is 3. The summed E-state index contributed by atoms with van der Waals surface area (Å²) in [6, 6.07) is 8.17. The number of methoxy groups -OCH3 is 1. The highest BCUT2D eigenvalue weighted by Crippen LogP contribution is 2.38. The number of benzene rings is 2. The Kier molecular flexibility index (Phi) is 9.95. The van der Waals surface area contributed by atoms with Crippen LogP contribution in [-0.4, -0.2) is 46.4 Å². The molecule has 36 heavy (non-hydrogen) atoms. The molecular weight excluding hydrogens is 530 g/mol. The van der Waals surface area contributed by atoms with Crippen LogP contribution in [0.3, 0.4) is 0 Å². The molecule has 0 aromatic heterocycles. The lowest BCUT2D eigenvalue weighted by molar-refractivity contribution is -0.137. The van der Waals surface area contributed by atoms with Gasteiger partial charge in [-0.05, 0) is 60.4 Å². The molecule has 0 aliphatic rings. The lowest BCUT2D eigenvalue weighted by Crippen LogP contribution is -2.41. The van der Waals surface area contributed by atoms with Crippen molar-refractivity contribution in [3.63, 3.8) is 0 Å². The molecule has 2 rings (SSSR count). The third-order valence-electron chi connectivity index (χ3n) is 6.75. The summed E-state index contributed by atoms with van der Waals surface area (Å²) >= 11 is 12.4. The summed E-state index contributed by atoms with van der Waals surface area (Å²) in [5.74, 6) is -0.684. The molecule has 1 unspecified atom stereocenters. The third kappa shape index (κ3) is 7.63. The zero-order valence-electron chi connectivity index (χ0n) is 21.7. The van der Waals surface area contributed by atoms with E-state index in [2.05, 4.69) is 33.9 Å². The Bertz CT molecular complexity index is 1070. The molecule has 10 heteroatoms. The van der Waals surface area contributed by atoms with Gasteiger partial charge in [0.25, 0.3) is 5.91 Å². The van der Waals surface area contributed by atoms with Crippen LogP contribution >= 0.6 is 23.2 Å². The Morgan fingerprint density at radius 3 is 2.22 bits per heavy atom. The number of amides is 1. The van der Waals surface area contributed by atoms with Crippen molar-refractivity contribution in [3.05, 3.63) is 63.1 Å². The van der Waals surface area contributed by atoms with Crippen molar-refractivity contribution >= 4 is 37.4 Å². The van der Waals surface area contributed by atoms with E-state index in [-0.39, 0.29) is 28.8 Å². The number of likely N-dealkylation sites (N-methyl/N-ethyl adjacent to an activating group) is 1. The molecule has 0 spiro atoms. The second kappa shape index (κ2) is 11.8. The molecule has 0 bridgehead atoms. The van der Waals surface area contributed by atoms with E-state index in [1.54, 1.807) is 19.2 Å². The second-order valence-corrected chi connectivity index (χ2v) is 16.0. The monoisotopic (exact) mass is 563 g/mol. The van der Waals surface area contributed by atoms with Gasteiger partial charge in [0.1, 0.15) is 5.75 Å². The first kappa shape index (κ1) is 30.5. The number of carbonyl (C=O) groups excluding carboxylic acids is 1. The lowest BCUT2D eigenvalue weighted by Gasteiger charge is -2.36. The van der Waals surface area contributed by atoms with Gasteiger partial charge in [0.15, 0.2) is 8.32 Å². The summed E-state index contributed by atoms with van der Waals surface area (Å²) in [4.78, 5) is 14.7. The van der Waals surface area contributed by atoms with E-state index in [1.165, 1.54) is 12.0 Å². The Morgan fingerprint density at radius 1 is 1.06 bits per heavy atom. The normalized spacial score (nSPS) is 13.4. The molecular formula is C26H34Cl2F3NO3Si. The zero-order chi connectivity index (χ0) is 27.5. The molecule has 2 aromatic carbocycles. The molecule has 0 radical (unpaired) electrons. The van der Waals surface area contributed by atoms with Crippen molar-refractivity contribution in [2.45, 2.75) is 57.4 Å². The van der Waals surface area contributed by atoms with Gasteiger partial charge in [0.2, 0.25) is 0 Å². The minimum absolute atomic E-state index is 0.0406. The Morgan fingerprint density at radius 2 is 1.69 bits per heavy atom. The van der Waals surface area contributed by atoms with Gasteiger partial charge in [-0.3, -0.25) is 4.79 Å². The standard InChI is InChI=1S/C26H34Cl2F3NO3Si/c1-25(2,3)36(6,7)35-13-12-18(17-8-10-21(27)22(28)14-17)16-32(4)24(33)20-15-19(26(29,30)31)9-11-23(20)34-5/h8-11,14-15,18H,12-13,16H2,1-7H3. The maximum atomic E-state index is 13.3. The van der Waals surface area contributed by atoms with Crippen LogP contribution in [0.25, 0.3) is 0 Å². The van der Waals surface area contributed by atoms with Crippen LogP contribution in [-0.2, 0) is 10.6 Å². The van der Waals surface area contributed by atoms with E-state index in [9.17, 15) is 18.0 Å². The highest BCUT2D eigenvalue weighted by atomic mass is 35.5. The van der Waals surface area contributed by atoms with Gasteiger partial charge >= 0.3 is 6.18 Å². The summed E-state index contributed by atoms with van der Waals surface area (Å²) in [6.07, 6.45) is -3.99. The first-order chi connectivity index (χ1) is 16.5. The summed E-state index contributed by atoms with van der Waals surface area (Å²) in [5.41, 5.74) is -0.206. The van der Waals surface area contributed by atoms with Crippen LogP contribution in [0.1, 0.15) is 54.6 Å². The molecule has 200 valence electrons. The van der Waals surface area contributed by atoms with Gasteiger partial charge < -0.3 is 14.1 Å². The molecule has 0 aliphatic heterocycles. The smallest absolute Gasteiger partial charge is 0.416 e. The lowest BCUT2D eigenvalue weighted by atomic mass is 9.95. The Balaban J connectivity index is 2.32. The minimum Gasteiger partial charge on any atom is -0.496 e. The molecule has 4 nitrogen and oxygen atoms in total. The van der Waals surface area contributed by atoms with Gasteiger partial charge in [0.05, 0.1) is 28.3 Å². The number of ether oxygens (including phenoxy) is 1. The second-order valence-electron chi connectivity index (χ2n) is 10.4. The van der Waals surface area contributed by atoms with Gasteiger partial charge in [0, 0.05) is 26.1 Å². The minimum atomic E-state index is -4.58. The molecule has 0 N–H and O–H groups in total. The predicted molar refractivity (Wildman–Crippen MR) is 142 cm³/mol. The van der Waals surface area contributed by atoms with E-state index in [0.29, 0.717) is 23.1 Å². The molecule has 1 atom stereocenters. The van der Waals surface area contributed by atoms with E-state index in [4.69, 9.17) is 32.4 Å². The number of carbonyl (C=O) groups is 1. The molecule has 0 heterocycles. The third-order valence-corrected chi connectivity index (χ3v) is 12.0. The average molecular weight is 565 g/mol. The fourth-order valence-corrected chi connectivity index (χ4v) is 4.84. The number of halogens is 5. The highest BCUT2D eigenvalue weighted by molar-refractivity contribution is 6.74. The summed E-state index contributed by atoms with van der Waals surface area (Å²) in [7, 11) is 0.878. The van der Waals surface area contributed by atoms with Crippen molar-refractivity contribution in [1.29, 1.82) is 0 Å². The van der Waals surface area contributed by atoms with E-state index < -0.39 is 26.0 Å². The zero-order valence-corrected chi connectivity index (χ0v) is 24.2. The van der Waals surface area contributed by atoms with Crippen LogP contribution in [0, 0.1) is 0 Å². The van der Waals surface area contributed by atoms with Crippen molar-refractivity contribution < 1.29 is 27.1 Å². The van der Waals surface area contributed by atoms with Crippen molar-refractivity contribution in [3.8, 4) is 5.75 Å². The van der Waals surface area contributed by atoms with Crippen molar-refractivity contribution in [1.82, 2.24) is 4.90 Å². The van der Waals surface area contributed by atoms with Gasteiger partial charge in [-0.25, -0.2) is 0 Å². The van der Waals surface area contributed by atoms with Crippen molar-refractivity contribution in [2.24, 2.45) is 0 Å². The topological polar surface area (TPSA) is 38.8 Å². The molecule has 0 aliphatic carbocycles. The Hall–Kier alpha value is -1.74. The summed E-state index contributed by atoms with van der Waals surface area (Å²) in [6.45, 7) is 11.5. The van der Waals surface area contributed by atoms with E-state index in [0.717, 1.165) is 23.8 Å². The fourth-order valence-electron chi connectivity index (χ4n) is 3.47. The number of rotatable bonds is 9. The Labute approximate surface area is 222 Å². The van der Waals surface area contributed by atoms with Gasteiger partial charge in [-0.15, -0.1) is 0 Å². The molecule has 2 aromatic rings. The average Bonchev–Trinajstić information content (AvgIpc) is 2.77. The molecule has 0 fully saturated rings. The molecule has 0 saturated heterocycles. The first-order valence-corrected chi connectivity index (χ1v) is 15.2. The molecule has 1 amide bonds. The molecule has 0 saturated carbocycles. The maximum Gasteiger partial charge on any atom is 0.416 e. The predicted octanol–water partition coefficient (Wildman–Crippen LogP) is 8.29. The van der Waals surface area contributed by atoms with Gasteiger partial charge in [-0.1, -0.05) is 50.0 Å².